The average molecular weight is 360 g/mol. The first-order valence-electron chi connectivity index (χ1n) is 8.26. The molecule has 4 rings (SSSR count). The van der Waals surface area contributed by atoms with E-state index in [1.165, 1.54) is 7.11 Å². The average Bonchev–Trinajstić information content (AvgIpc) is 3.41. The highest BCUT2D eigenvalue weighted by molar-refractivity contribution is 6.35. The molecule has 0 spiro atoms. The molecule has 0 unspecified atom stereocenters. The Morgan fingerprint density at radius 2 is 2.08 bits per heavy atom. The zero-order valence-electron chi connectivity index (χ0n) is 13.7. The Bertz CT molecular complexity index is 838. The second-order valence-corrected chi connectivity index (χ2v) is 6.83. The first-order chi connectivity index (χ1) is 12.1. The fourth-order valence-corrected chi connectivity index (χ4v) is 3.43. The quantitative estimate of drug-likeness (QED) is 0.816. The number of fused-ring (bicyclic) bond motifs is 1. The van der Waals surface area contributed by atoms with Crippen LogP contribution in [-0.4, -0.2) is 34.3 Å². The summed E-state index contributed by atoms with van der Waals surface area (Å²) in [5.41, 5.74) is 2.16. The summed E-state index contributed by atoms with van der Waals surface area (Å²) in [7, 11) is 1.29. The third-order valence-corrected chi connectivity index (χ3v) is 5.04. The van der Waals surface area contributed by atoms with Crippen LogP contribution in [0, 0.1) is 0 Å². The number of esters is 1. The van der Waals surface area contributed by atoms with Crippen LogP contribution >= 0.6 is 11.6 Å². The number of hydrogen-bond acceptors (Lipinski definition) is 6. The summed E-state index contributed by atoms with van der Waals surface area (Å²) >= 11 is 6.36. The predicted molar refractivity (Wildman–Crippen MR) is 92.9 cm³/mol. The van der Waals surface area contributed by atoms with Crippen LogP contribution in [0.4, 0.5) is 5.82 Å². The number of nitrogens with zero attached hydrogens (tertiary/aromatic N) is 2. The van der Waals surface area contributed by atoms with Gasteiger partial charge in [0.2, 0.25) is 0 Å². The Morgan fingerprint density at radius 1 is 1.32 bits per heavy atom. The molecular weight excluding hydrogens is 342 g/mol. The minimum absolute atomic E-state index is 0.0596. The van der Waals surface area contributed by atoms with E-state index in [2.05, 4.69) is 15.3 Å². The number of benzene rings is 1. The van der Waals surface area contributed by atoms with E-state index in [0.717, 1.165) is 24.0 Å². The molecule has 0 amide bonds. The zero-order chi connectivity index (χ0) is 17.6. The van der Waals surface area contributed by atoms with Gasteiger partial charge in [0, 0.05) is 12.3 Å². The molecule has 2 aliphatic carbocycles. The normalized spacial score (nSPS) is 21.7. The van der Waals surface area contributed by atoms with E-state index in [-0.39, 0.29) is 22.7 Å². The molecule has 2 N–H and O–H groups in total. The van der Waals surface area contributed by atoms with Gasteiger partial charge in [-0.2, -0.15) is 0 Å². The highest BCUT2D eigenvalue weighted by Crippen LogP contribution is 2.41. The van der Waals surface area contributed by atoms with Crippen LogP contribution in [0.15, 0.2) is 24.3 Å². The van der Waals surface area contributed by atoms with Crippen molar-refractivity contribution >= 4 is 23.4 Å². The third kappa shape index (κ3) is 2.96. The topological polar surface area (TPSA) is 84.3 Å². The standard InChI is InChI=1S/C18H18ClN3O3/c1-25-18(24)15-13(19)17(22-16(21-15)9-6-7-9)20-14-11-5-3-2-4-10(11)8-12(14)23/h2-5,9,12,14,23H,6-8H2,1H3,(H,20,21,22)/t12-,14+/m0/s1. The number of aromatic nitrogens is 2. The van der Waals surface area contributed by atoms with Crippen molar-refractivity contribution in [2.75, 3.05) is 12.4 Å². The van der Waals surface area contributed by atoms with Gasteiger partial charge in [0.15, 0.2) is 5.69 Å². The molecule has 6 nitrogen and oxygen atoms in total. The predicted octanol–water partition coefficient (Wildman–Crippen LogP) is 2.86. The molecule has 2 aliphatic rings. The van der Waals surface area contributed by atoms with Gasteiger partial charge in [-0.25, -0.2) is 14.8 Å². The van der Waals surface area contributed by atoms with Gasteiger partial charge in [-0.1, -0.05) is 35.9 Å². The van der Waals surface area contributed by atoms with Crippen molar-refractivity contribution in [1.29, 1.82) is 0 Å². The van der Waals surface area contributed by atoms with Crippen LogP contribution < -0.4 is 5.32 Å². The summed E-state index contributed by atoms with van der Waals surface area (Å²) < 4.78 is 4.78. The fourth-order valence-electron chi connectivity index (χ4n) is 3.21. The molecule has 7 heteroatoms. The van der Waals surface area contributed by atoms with E-state index in [9.17, 15) is 9.90 Å². The molecule has 1 aromatic carbocycles. The largest absolute Gasteiger partial charge is 0.464 e. The Hall–Kier alpha value is -2.18. The molecule has 0 aliphatic heterocycles. The molecule has 2 atom stereocenters. The molecule has 1 aromatic heterocycles. The second-order valence-electron chi connectivity index (χ2n) is 6.45. The van der Waals surface area contributed by atoms with Crippen molar-refractivity contribution in [3.63, 3.8) is 0 Å². The van der Waals surface area contributed by atoms with Gasteiger partial charge in [-0.3, -0.25) is 0 Å². The molecule has 2 aromatic rings. The van der Waals surface area contributed by atoms with Crippen LogP contribution in [0.25, 0.3) is 0 Å². The van der Waals surface area contributed by atoms with Gasteiger partial charge in [0.1, 0.15) is 16.7 Å². The molecule has 130 valence electrons. The van der Waals surface area contributed by atoms with Gasteiger partial charge >= 0.3 is 5.97 Å². The van der Waals surface area contributed by atoms with Crippen LogP contribution in [0.3, 0.4) is 0 Å². The van der Waals surface area contributed by atoms with E-state index < -0.39 is 12.1 Å². The smallest absolute Gasteiger partial charge is 0.358 e. The van der Waals surface area contributed by atoms with Crippen molar-refractivity contribution in [3.8, 4) is 0 Å². The molecular formula is C18H18ClN3O3. The van der Waals surface area contributed by atoms with Gasteiger partial charge in [0.25, 0.3) is 0 Å². The van der Waals surface area contributed by atoms with Gasteiger partial charge in [-0.05, 0) is 24.0 Å². The summed E-state index contributed by atoms with van der Waals surface area (Å²) in [6.45, 7) is 0. The SMILES string of the molecule is COC(=O)c1nc(C2CC2)nc(N[C@@H]2c3ccccc3C[C@@H]2O)c1Cl. The van der Waals surface area contributed by atoms with E-state index in [1.807, 2.05) is 24.3 Å². The molecule has 0 saturated heterocycles. The minimum Gasteiger partial charge on any atom is -0.464 e. The monoisotopic (exact) mass is 359 g/mol. The Balaban J connectivity index is 1.72. The zero-order valence-corrected chi connectivity index (χ0v) is 14.5. The maximum absolute atomic E-state index is 12.0. The Kier molecular flexibility index (Phi) is 4.09. The molecule has 1 fully saturated rings. The number of aliphatic hydroxyl groups is 1. The number of nitrogens with one attached hydrogen (secondary N) is 1. The molecule has 1 heterocycles. The number of anilines is 1. The van der Waals surface area contributed by atoms with E-state index in [1.54, 1.807) is 0 Å². The number of hydrogen-bond donors (Lipinski definition) is 2. The number of aliphatic hydroxyl groups excluding tert-OH is 1. The number of rotatable bonds is 4. The molecule has 25 heavy (non-hydrogen) atoms. The second kappa shape index (κ2) is 6.28. The number of carbonyl (C=O) groups excluding carboxylic acids is 1. The molecule has 1 saturated carbocycles. The summed E-state index contributed by atoms with van der Waals surface area (Å²) in [5.74, 6) is 0.611. The lowest BCUT2D eigenvalue weighted by Gasteiger charge is -2.20. The Morgan fingerprint density at radius 3 is 2.80 bits per heavy atom. The maximum Gasteiger partial charge on any atom is 0.358 e. The number of halogens is 1. The molecule has 0 bridgehead atoms. The summed E-state index contributed by atoms with van der Waals surface area (Å²) in [6, 6.07) is 7.52. The van der Waals surface area contributed by atoms with Gasteiger partial charge < -0.3 is 15.2 Å². The fraction of sp³-hybridized carbons (Fsp3) is 0.389. The number of carbonyl (C=O) groups is 1. The first-order valence-corrected chi connectivity index (χ1v) is 8.64. The third-order valence-electron chi connectivity index (χ3n) is 4.69. The highest BCUT2D eigenvalue weighted by atomic mass is 35.5. The van der Waals surface area contributed by atoms with Crippen molar-refractivity contribution in [1.82, 2.24) is 9.97 Å². The van der Waals surface area contributed by atoms with Crippen LogP contribution in [-0.2, 0) is 11.2 Å². The lowest BCUT2D eigenvalue weighted by molar-refractivity contribution is 0.0593. The lowest BCUT2D eigenvalue weighted by atomic mass is 10.1. The molecule has 0 radical (unpaired) electrons. The first kappa shape index (κ1) is 16.3. The summed E-state index contributed by atoms with van der Waals surface area (Å²) in [6.07, 6.45) is 1.97. The maximum atomic E-state index is 12.0. The highest BCUT2D eigenvalue weighted by Gasteiger charge is 2.34. The van der Waals surface area contributed by atoms with E-state index >= 15 is 0 Å². The van der Waals surface area contributed by atoms with Crippen molar-refractivity contribution in [2.45, 2.75) is 37.3 Å². The lowest BCUT2D eigenvalue weighted by Crippen LogP contribution is -2.23. The van der Waals surface area contributed by atoms with E-state index in [4.69, 9.17) is 16.3 Å². The van der Waals surface area contributed by atoms with Crippen LogP contribution in [0.2, 0.25) is 5.02 Å². The summed E-state index contributed by atoms with van der Waals surface area (Å²) in [5, 5.41) is 13.8. The van der Waals surface area contributed by atoms with E-state index in [0.29, 0.717) is 18.1 Å². The number of methoxy groups -OCH3 is 1. The van der Waals surface area contributed by atoms with Crippen LogP contribution in [0.5, 0.6) is 0 Å². The Labute approximate surface area is 150 Å². The number of ether oxygens (including phenoxy) is 1. The van der Waals surface area contributed by atoms with Crippen molar-refractivity contribution in [2.24, 2.45) is 0 Å². The van der Waals surface area contributed by atoms with Gasteiger partial charge in [0.05, 0.1) is 19.3 Å². The van der Waals surface area contributed by atoms with Crippen molar-refractivity contribution in [3.05, 3.63) is 51.9 Å². The van der Waals surface area contributed by atoms with Crippen LogP contribution in [0.1, 0.15) is 52.2 Å². The van der Waals surface area contributed by atoms with Gasteiger partial charge in [-0.15, -0.1) is 0 Å². The van der Waals surface area contributed by atoms with Crippen molar-refractivity contribution < 1.29 is 14.6 Å². The minimum atomic E-state index is -0.593. The summed E-state index contributed by atoms with van der Waals surface area (Å²) in [4.78, 5) is 20.8.